The highest BCUT2D eigenvalue weighted by molar-refractivity contribution is 5.86. The number of rotatable bonds is 6. The van der Waals surface area contributed by atoms with E-state index in [9.17, 15) is 4.79 Å². The van der Waals surface area contributed by atoms with Crippen LogP contribution in [0.4, 0.5) is 0 Å². The molecule has 7 nitrogen and oxygen atoms in total. The Morgan fingerprint density at radius 1 is 1.26 bits per heavy atom. The van der Waals surface area contributed by atoms with Gasteiger partial charge in [0.2, 0.25) is 0 Å². The number of hydrazone groups is 1. The van der Waals surface area contributed by atoms with Crippen LogP contribution in [0.5, 0.6) is 11.5 Å². The van der Waals surface area contributed by atoms with Crippen LogP contribution in [0.15, 0.2) is 23.3 Å². The average molecular weight is 320 g/mol. The molecule has 7 heteroatoms. The van der Waals surface area contributed by atoms with Gasteiger partial charge in [-0.1, -0.05) is 0 Å². The maximum atomic E-state index is 11.9. The number of amides is 1. The Morgan fingerprint density at radius 2 is 2.00 bits per heavy atom. The molecule has 1 aromatic rings. The van der Waals surface area contributed by atoms with Crippen LogP contribution in [0.3, 0.4) is 0 Å². The summed E-state index contributed by atoms with van der Waals surface area (Å²) in [5.41, 5.74) is 3.30. The highest BCUT2D eigenvalue weighted by Gasteiger charge is 2.16. The van der Waals surface area contributed by atoms with Crippen LogP contribution in [0.1, 0.15) is 5.56 Å². The number of likely N-dealkylation sites (N-methyl/N-ethyl adjacent to an activating group) is 1. The van der Waals surface area contributed by atoms with Gasteiger partial charge in [-0.2, -0.15) is 5.10 Å². The summed E-state index contributed by atoms with van der Waals surface area (Å²) in [5, 5.41) is 4.01. The highest BCUT2D eigenvalue weighted by Crippen LogP contribution is 2.22. The Hall–Kier alpha value is -2.12. The fourth-order valence-electron chi connectivity index (χ4n) is 2.36. The lowest BCUT2D eigenvalue weighted by molar-refractivity contribution is -0.122. The van der Waals surface area contributed by atoms with Crippen molar-refractivity contribution in [2.45, 2.75) is 0 Å². The van der Waals surface area contributed by atoms with Crippen LogP contribution in [0, 0.1) is 0 Å². The second kappa shape index (κ2) is 8.50. The van der Waals surface area contributed by atoms with Gasteiger partial charge in [0.25, 0.3) is 5.91 Å². The van der Waals surface area contributed by atoms with E-state index in [1.165, 1.54) is 0 Å². The zero-order chi connectivity index (χ0) is 16.7. The number of ether oxygens (including phenoxy) is 2. The molecule has 1 N–H and O–H groups in total. The molecule has 0 saturated carbocycles. The molecule has 0 aromatic heterocycles. The molecule has 1 aliphatic rings. The van der Waals surface area contributed by atoms with Gasteiger partial charge in [0.05, 0.1) is 27.0 Å². The van der Waals surface area contributed by atoms with Gasteiger partial charge in [-0.3, -0.25) is 9.69 Å². The number of benzene rings is 1. The number of carbonyl (C=O) groups is 1. The first-order valence-electron chi connectivity index (χ1n) is 7.57. The summed E-state index contributed by atoms with van der Waals surface area (Å²) in [6.45, 7) is 4.13. The standard InChI is InChI=1S/C16H24N4O3/c1-19-6-8-20(9-7-19)12-16(21)18-17-11-13-10-14(22-2)4-5-15(13)23-3/h4-5,10-11H,6-9,12H2,1-3H3,(H,18,21)/b17-11+. The molecule has 1 aromatic carbocycles. The first kappa shape index (κ1) is 17.2. The minimum atomic E-state index is -0.118. The molecule has 126 valence electrons. The molecule has 0 aliphatic carbocycles. The second-order valence-corrected chi connectivity index (χ2v) is 5.48. The van der Waals surface area contributed by atoms with Crippen LogP contribution in [0.2, 0.25) is 0 Å². The lowest BCUT2D eigenvalue weighted by atomic mass is 10.2. The van der Waals surface area contributed by atoms with E-state index in [1.54, 1.807) is 32.6 Å². The molecule has 0 unspecified atom stereocenters. The predicted molar refractivity (Wildman–Crippen MR) is 89.2 cm³/mol. The van der Waals surface area contributed by atoms with Gasteiger partial charge in [-0.15, -0.1) is 0 Å². The summed E-state index contributed by atoms with van der Waals surface area (Å²) in [7, 11) is 5.27. The largest absolute Gasteiger partial charge is 0.497 e. The first-order valence-corrected chi connectivity index (χ1v) is 7.57. The molecule has 23 heavy (non-hydrogen) atoms. The first-order chi connectivity index (χ1) is 11.1. The van der Waals surface area contributed by atoms with E-state index < -0.39 is 0 Å². The third-order valence-electron chi connectivity index (χ3n) is 3.79. The van der Waals surface area contributed by atoms with Crippen molar-refractivity contribution in [2.24, 2.45) is 5.10 Å². The molecule has 0 bridgehead atoms. The molecule has 0 spiro atoms. The number of hydrogen-bond donors (Lipinski definition) is 1. The number of piperazine rings is 1. The van der Waals surface area contributed by atoms with Crippen LogP contribution in [-0.2, 0) is 4.79 Å². The molecule has 1 heterocycles. The van der Waals surface area contributed by atoms with E-state index in [1.807, 2.05) is 6.07 Å². The zero-order valence-electron chi connectivity index (χ0n) is 13.9. The fourth-order valence-corrected chi connectivity index (χ4v) is 2.36. The zero-order valence-corrected chi connectivity index (χ0v) is 13.9. The normalized spacial score (nSPS) is 16.5. The number of nitrogens with one attached hydrogen (secondary N) is 1. The van der Waals surface area contributed by atoms with Crippen molar-refractivity contribution in [1.82, 2.24) is 15.2 Å². The Bertz CT molecular complexity index is 554. The van der Waals surface area contributed by atoms with Crippen molar-refractivity contribution in [1.29, 1.82) is 0 Å². The summed E-state index contributed by atoms with van der Waals surface area (Å²) in [4.78, 5) is 16.3. The third-order valence-corrected chi connectivity index (χ3v) is 3.79. The van der Waals surface area contributed by atoms with Crippen LogP contribution in [0.25, 0.3) is 0 Å². The monoisotopic (exact) mass is 320 g/mol. The molecule has 1 amide bonds. The van der Waals surface area contributed by atoms with E-state index in [-0.39, 0.29) is 5.91 Å². The van der Waals surface area contributed by atoms with Gasteiger partial charge in [-0.25, -0.2) is 5.43 Å². The predicted octanol–water partition coefficient (Wildman–Crippen LogP) is 0.401. The smallest absolute Gasteiger partial charge is 0.254 e. The van der Waals surface area contributed by atoms with Gasteiger partial charge in [-0.05, 0) is 25.2 Å². The van der Waals surface area contributed by atoms with Crippen LogP contribution >= 0.6 is 0 Å². The number of carbonyl (C=O) groups excluding carboxylic acids is 1. The molecular weight excluding hydrogens is 296 g/mol. The van der Waals surface area contributed by atoms with Crippen LogP contribution in [-0.4, -0.2) is 75.9 Å². The SMILES string of the molecule is COc1ccc(OC)c(/C=N/NC(=O)CN2CCN(C)CC2)c1. The molecule has 1 fully saturated rings. The van der Waals surface area contributed by atoms with Gasteiger partial charge >= 0.3 is 0 Å². The Kier molecular flexibility index (Phi) is 6.37. The van der Waals surface area contributed by atoms with Crippen molar-refractivity contribution in [3.63, 3.8) is 0 Å². The molecule has 2 rings (SSSR count). The summed E-state index contributed by atoms with van der Waals surface area (Å²) in [6, 6.07) is 5.41. The van der Waals surface area contributed by atoms with Gasteiger partial charge in [0.1, 0.15) is 11.5 Å². The minimum Gasteiger partial charge on any atom is -0.497 e. The van der Waals surface area contributed by atoms with Crippen molar-refractivity contribution in [3.05, 3.63) is 23.8 Å². The van der Waals surface area contributed by atoms with Crippen molar-refractivity contribution >= 4 is 12.1 Å². The lowest BCUT2D eigenvalue weighted by Gasteiger charge is -2.31. The average Bonchev–Trinajstić information content (AvgIpc) is 2.57. The quantitative estimate of drug-likeness (QED) is 0.607. The minimum absolute atomic E-state index is 0.118. The van der Waals surface area contributed by atoms with Crippen LogP contribution < -0.4 is 14.9 Å². The van der Waals surface area contributed by atoms with Crippen molar-refractivity contribution in [3.8, 4) is 11.5 Å². The Labute approximate surface area is 136 Å². The maximum Gasteiger partial charge on any atom is 0.254 e. The van der Waals surface area contributed by atoms with Crippen molar-refractivity contribution in [2.75, 3.05) is 54.0 Å². The van der Waals surface area contributed by atoms with Gasteiger partial charge in [0.15, 0.2) is 0 Å². The Balaban J connectivity index is 1.87. The number of hydrogen-bond acceptors (Lipinski definition) is 6. The lowest BCUT2D eigenvalue weighted by Crippen LogP contribution is -2.47. The molecule has 1 aliphatic heterocycles. The van der Waals surface area contributed by atoms with E-state index >= 15 is 0 Å². The van der Waals surface area contributed by atoms with Gasteiger partial charge < -0.3 is 14.4 Å². The molecule has 0 radical (unpaired) electrons. The van der Waals surface area contributed by atoms with Crippen molar-refractivity contribution < 1.29 is 14.3 Å². The summed E-state index contributed by atoms with van der Waals surface area (Å²) in [5.74, 6) is 1.26. The number of methoxy groups -OCH3 is 2. The van der Waals surface area contributed by atoms with E-state index in [4.69, 9.17) is 9.47 Å². The third kappa shape index (κ3) is 5.22. The highest BCUT2D eigenvalue weighted by atomic mass is 16.5. The molecule has 1 saturated heterocycles. The number of nitrogens with zero attached hydrogens (tertiary/aromatic N) is 3. The van der Waals surface area contributed by atoms with E-state index in [0.717, 1.165) is 31.7 Å². The van der Waals surface area contributed by atoms with Gasteiger partial charge in [0, 0.05) is 31.7 Å². The Morgan fingerprint density at radius 3 is 2.65 bits per heavy atom. The summed E-state index contributed by atoms with van der Waals surface area (Å²) in [6.07, 6.45) is 1.56. The topological polar surface area (TPSA) is 66.4 Å². The van der Waals surface area contributed by atoms with E-state index in [0.29, 0.717) is 18.0 Å². The summed E-state index contributed by atoms with van der Waals surface area (Å²) >= 11 is 0. The fraction of sp³-hybridized carbons (Fsp3) is 0.500. The maximum absolute atomic E-state index is 11.9. The summed E-state index contributed by atoms with van der Waals surface area (Å²) < 4.78 is 10.4. The molecule has 0 atom stereocenters. The van der Waals surface area contributed by atoms with E-state index in [2.05, 4.69) is 27.4 Å². The molecular formula is C16H24N4O3. The second-order valence-electron chi connectivity index (χ2n) is 5.48.